The molecule has 4 heterocycles. The first-order chi connectivity index (χ1) is 14.9. The molecule has 2 saturated heterocycles. The molecular weight excluding hydrogens is 442 g/mol. The van der Waals surface area contributed by atoms with Gasteiger partial charge >= 0.3 is 0 Å². The van der Waals surface area contributed by atoms with Crippen LogP contribution in [0.25, 0.3) is 0 Å². The van der Waals surface area contributed by atoms with Gasteiger partial charge in [0.05, 0.1) is 44.3 Å². The van der Waals surface area contributed by atoms with Gasteiger partial charge in [-0.15, -0.1) is 11.3 Å². The fraction of sp³-hybridized carbons (Fsp3) is 0.579. The van der Waals surface area contributed by atoms with Crippen LogP contribution in [-0.4, -0.2) is 102 Å². The number of hydrogen-bond acceptors (Lipinski definition) is 10. The zero-order valence-corrected chi connectivity index (χ0v) is 18.9. The van der Waals surface area contributed by atoms with Gasteiger partial charge < -0.3 is 19.8 Å². The summed E-state index contributed by atoms with van der Waals surface area (Å²) >= 11 is 1.21. The molecule has 0 aromatic carbocycles. The summed E-state index contributed by atoms with van der Waals surface area (Å²) in [6.45, 7) is 4.50. The number of sulfonamides is 1. The minimum Gasteiger partial charge on any atom is -0.505 e. The van der Waals surface area contributed by atoms with E-state index in [2.05, 4.69) is 14.9 Å². The molecule has 2 aromatic heterocycles. The Bertz CT molecular complexity index is 957. The molecule has 10 nitrogen and oxygen atoms in total. The highest BCUT2D eigenvalue weighted by Crippen LogP contribution is 2.27. The van der Waals surface area contributed by atoms with Gasteiger partial charge in [0, 0.05) is 32.2 Å². The van der Waals surface area contributed by atoms with Crippen LogP contribution in [0.15, 0.2) is 34.1 Å². The number of aliphatic hydroxyl groups is 1. The molecule has 1 unspecified atom stereocenters. The summed E-state index contributed by atoms with van der Waals surface area (Å²) in [5, 5.41) is 21.1. The van der Waals surface area contributed by atoms with E-state index >= 15 is 0 Å². The second-order valence-electron chi connectivity index (χ2n) is 7.80. The van der Waals surface area contributed by atoms with E-state index in [4.69, 9.17) is 4.74 Å². The van der Waals surface area contributed by atoms with Crippen molar-refractivity contribution in [1.82, 2.24) is 19.2 Å². The number of morpholine rings is 1. The Morgan fingerprint density at radius 2 is 2.00 bits per heavy atom. The third-order valence-corrected chi connectivity index (χ3v) is 8.99. The monoisotopic (exact) mass is 469 g/mol. The highest BCUT2D eigenvalue weighted by Gasteiger charge is 2.39. The number of rotatable bonds is 6. The highest BCUT2D eigenvalue weighted by atomic mass is 32.2. The Labute approximate surface area is 185 Å². The number of aliphatic hydroxyl groups excluding tert-OH is 1. The highest BCUT2D eigenvalue weighted by molar-refractivity contribution is 7.91. The lowest BCUT2D eigenvalue weighted by atomic mass is 10.1. The van der Waals surface area contributed by atoms with Crippen molar-refractivity contribution in [3.8, 4) is 5.75 Å². The summed E-state index contributed by atoms with van der Waals surface area (Å²) in [7, 11) is -3.59. The molecule has 4 rings (SSSR count). The van der Waals surface area contributed by atoms with Crippen LogP contribution in [0.5, 0.6) is 5.75 Å². The second kappa shape index (κ2) is 9.35. The molecule has 12 heteroatoms. The summed E-state index contributed by atoms with van der Waals surface area (Å²) < 4.78 is 33.7. The SMILES string of the molecule is C[C@H]1COCC(CO)N1C[C@H]1CN(S(=O)(=O)c2cccs2)CCN1c1ncc(O)cn1. The number of hydrogen-bond donors (Lipinski definition) is 2. The molecule has 0 saturated carbocycles. The third-order valence-electron chi connectivity index (χ3n) is 5.75. The largest absolute Gasteiger partial charge is 0.505 e. The van der Waals surface area contributed by atoms with Gasteiger partial charge in [0.2, 0.25) is 5.95 Å². The Kier molecular flexibility index (Phi) is 6.74. The maximum atomic E-state index is 13.1. The van der Waals surface area contributed by atoms with Crippen molar-refractivity contribution in [2.45, 2.75) is 29.3 Å². The Morgan fingerprint density at radius 3 is 2.68 bits per heavy atom. The zero-order valence-electron chi connectivity index (χ0n) is 17.2. The maximum absolute atomic E-state index is 13.1. The summed E-state index contributed by atoms with van der Waals surface area (Å²) in [6.07, 6.45) is 2.67. The maximum Gasteiger partial charge on any atom is 0.252 e. The summed E-state index contributed by atoms with van der Waals surface area (Å²) in [5.74, 6) is 0.416. The van der Waals surface area contributed by atoms with Crippen LogP contribution in [-0.2, 0) is 14.8 Å². The molecule has 2 N–H and O–H groups in total. The minimum absolute atomic E-state index is 0.0265. The standard InChI is InChI=1S/C19H27N5O5S2/c1-14-12-29-13-16(11-25)24(14)10-15-9-22(31(27,28)18-3-2-6-30-18)4-5-23(15)19-20-7-17(26)8-21-19/h2-3,6-8,14-16,25-26H,4-5,9-13H2,1H3/t14-,15+,16?/m0/s1. The average Bonchev–Trinajstić information content (AvgIpc) is 3.32. The molecule has 2 aromatic rings. The molecule has 0 bridgehead atoms. The fourth-order valence-electron chi connectivity index (χ4n) is 4.12. The lowest BCUT2D eigenvalue weighted by Gasteiger charge is -2.46. The number of aromatic hydroxyl groups is 1. The van der Waals surface area contributed by atoms with Gasteiger partial charge in [0.25, 0.3) is 10.0 Å². The molecular formula is C19H27N5O5S2. The summed E-state index contributed by atoms with van der Waals surface area (Å²) in [4.78, 5) is 12.6. The van der Waals surface area contributed by atoms with Crippen molar-refractivity contribution >= 4 is 27.3 Å². The number of piperazine rings is 1. The molecule has 0 aliphatic carbocycles. The van der Waals surface area contributed by atoms with Crippen LogP contribution in [0, 0.1) is 0 Å². The smallest absolute Gasteiger partial charge is 0.252 e. The van der Waals surface area contributed by atoms with Gasteiger partial charge in [0.1, 0.15) is 4.21 Å². The van der Waals surface area contributed by atoms with Crippen molar-refractivity contribution < 1.29 is 23.4 Å². The van der Waals surface area contributed by atoms with Gasteiger partial charge in [0.15, 0.2) is 5.75 Å². The van der Waals surface area contributed by atoms with Crippen LogP contribution in [0.4, 0.5) is 5.95 Å². The van der Waals surface area contributed by atoms with E-state index in [1.807, 2.05) is 11.8 Å². The fourth-order valence-corrected chi connectivity index (χ4v) is 6.73. The predicted octanol–water partition coefficient (Wildman–Crippen LogP) is 0.205. The summed E-state index contributed by atoms with van der Waals surface area (Å²) in [5.41, 5.74) is 0. The number of nitrogens with zero attached hydrogens (tertiary/aromatic N) is 5. The quantitative estimate of drug-likeness (QED) is 0.612. The van der Waals surface area contributed by atoms with Gasteiger partial charge in [-0.1, -0.05) is 6.07 Å². The second-order valence-corrected chi connectivity index (χ2v) is 10.9. The van der Waals surface area contributed by atoms with E-state index in [9.17, 15) is 18.6 Å². The number of ether oxygens (including phenoxy) is 1. The van der Waals surface area contributed by atoms with Crippen molar-refractivity contribution in [3.05, 3.63) is 29.9 Å². The topological polar surface area (TPSA) is 119 Å². The molecule has 31 heavy (non-hydrogen) atoms. The van der Waals surface area contributed by atoms with E-state index in [0.29, 0.717) is 43.0 Å². The first-order valence-electron chi connectivity index (χ1n) is 10.2. The Hall–Kier alpha value is -1.83. The lowest BCUT2D eigenvalue weighted by molar-refractivity contribution is -0.0627. The molecule has 2 aliphatic heterocycles. The van der Waals surface area contributed by atoms with E-state index in [-0.39, 0.29) is 37.0 Å². The average molecular weight is 470 g/mol. The van der Waals surface area contributed by atoms with Crippen molar-refractivity contribution in [2.24, 2.45) is 0 Å². The lowest BCUT2D eigenvalue weighted by Crippen LogP contribution is -2.62. The molecule has 2 aliphatic rings. The number of aromatic nitrogens is 2. The number of anilines is 1. The first-order valence-corrected chi connectivity index (χ1v) is 12.5. The van der Waals surface area contributed by atoms with Crippen LogP contribution in [0.1, 0.15) is 6.92 Å². The van der Waals surface area contributed by atoms with E-state index in [0.717, 1.165) is 0 Å². The van der Waals surface area contributed by atoms with Crippen LogP contribution >= 0.6 is 11.3 Å². The zero-order chi connectivity index (χ0) is 22.0. The molecule has 0 radical (unpaired) electrons. The first kappa shape index (κ1) is 22.4. The Morgan fingerprint density at radius 1 is 1.23 bits per heavy atom. The van der Waals surface area contributed by atoms with Gasteiger partial charge in [-0.3, -0.25) is 4.90 Å². The van der Waals surface area contributed by atoms with Crippen LogP contribution < -0.4 is 4.90 Å². The molecule has 0 spiro atoms. The van der Waals surface area contributed by atoms with E-state index < -0.39 is 10.0 Å². The summed E-state index contributed by atoms with van der Waals surface area (Å²) in [6, 6.07) is 3.05. The molecule has 0 amide bonds. The van der Waals surface area contributed by atoms with Gasteiger partial charge in [-0.05, 0) is 18.4 Å². The molecule has 3 atom stereocenters. The normalized spacial score (nSPS) is 26.3. The molecule has 2 fully saturated rings. The predicted molar refractivity (Wildman–Crippen MR) is 116 cm³/mol. The Balaban J connectivity index is 1.61. The van der Waals surface area contributed by atoms with E-state index in [1.165, 1.54) is 28.0 Å². The molecule has 170 valence electrons. The number of thiophene rings is 1. The third kappa shape index (κ3) is 4.69. The van der Waals surface area contributed by atoms with Crippen LogP contribution in [0.3, 0.4) is 0 Å². The minimum atomic E-state index is -3.59. The van der Waals surface area contributed by atoms with Crippen molar-refractivity contribution in [3.63, 3.8) is 0 Å². The van der Waals surface area contributed by atoms with Crippen molar-refractivity contribution in [2.75, 3.05) is 50.9 Å². The van der Waals surface area contributed by atoms with Crippen molar-refractivity contribution in [1.29, 1.82) is 0 Å². The van der Waals surface area contributed by atoms with Crippen LogP contribution in [0.2, 0.25) is 0 Å². The van der Waals surface area contributed by atoms with Gasteiger partial charge in [-0.2, -0.15) is 4.31 Å². The van der Waals surface area contributed by atoms with E-state index in [1.54, 1.807) is 17.5 Å². The van der Waals surface area contributed by atoms with Gasteiger partial charge in [-0.25, -0.2) is 18.4 Å².